The Labute approximate surface area is 145 Å². The van der Waals surface area contributed by atoms with E-state index >= 15 is 0 Å². The van der Waals surface area contributed by atoms with E-state index < -0.39 is 0 Å². The summed E-state index contributed by atoms with van der Waals surface area (Å²) in [5, 5.41) is 1.07. The lowest BCUT2D eigenvalue weighted by atomic mass is 9.87. The van der Waals surface area contributed by atoms with Crippen LogP contribution >= 0.6 is 0 Å². The van der Waals surface area contributed by atoms with Gasteiger partial charge in [0.25, 0.3) is 0 Å². The van der Waals surface area contributed by atoms with Gasteiger partial charge in [0.1, 0.15) is 12.1 Å². The molecule has 2 atom stereocenters. The first-order valence-corrected chi connectivity index (χ1v) is 8.59. The van der Waals surface area contributed by atoms with E-state index in [0.717, 1.165) is 47.1 Å². The second-order valence-corrected chi connectivity index (χ2v) is 6.90. The third-order valence-electron chi connectivity index (χ3n) is 5.11. The van der Waals surface area contributed by atoms with Gasteiger partial charge >= 0.3 is 0 Å². The van der Waals surface area contributed by atoms with Crippen LogP contribution in [0.5, 0.6) is 0 Å². The van der Waals surface area contributed by atoms with Gasteiger partial charge in [-0.25, -0.2) is 19.9 Å². The molecule has 0 radical (unpaired) electrons. The molecule has 7 nitrogen and oxygen atoms in total. The Morgan fingerprint density at radius 1 is 1.04 bits per heavy atom. The number of rotatable bonds is 2. The molecule has 3 aliphatic rings. The first kappa shape index (κ1) is 14.5. The van der Waals surface area contributed by atoms with Crippen LogP contribution in [-0.2, 0) is 0 Å². The van der Waals surface area contributed by atoms with Gasteiger partial charge in [-0.1, -0.05) is 0 Å². The van der Waals surface area contributed by atoms with Crippen molar-refractivity contribution in [3.05, 3.63) is 42.2 Å². The van der Waals surface area contributed by atoms with Crippen molar-refractivity contribution in [3.63, 3.8) is 0 Å². The van der Waals surface area contributed by atoms with Crippen LogP contribution in [0, 0.1) is 13.8 Å². The van der Waals surface area contributed by atoms with Crippen molar-refractivity contribution in [3.8, 4) is 0 Å². The number of fused-ring (bicyclic) bond motifs is 3. The van der Waals surface area contributed by atoms with Gasteiger partial charge in [-0.15, -0.1) is 0 Å². The van der Waals surface area contributed by atoms with Gasteiger partial charge < -0.3 is 9.80 Å². The third-order valence-corrected chi connectivity index (χ3v) is 5.11. The van der Waals surface area contributed by atoms with Crippen LogP contribution in [-0.4, -0.2) is 50.1 Å². The van der Waals surface area contributed by atoms with Crippen LogP contribution in [0.1, 0.15) is 17.8 Å². The zero-order valence-corrected chi connectivity index (χ0v) is 14.3. The summed E-state index contributed by atoms with van der Waals surface area (Å²) in [7, 11) is 0. The monoisotopic (exact) mass is 333 g/mol. The standard InChI is InChI=1S/C18H19N7/c1-11-5-12(2)23-18(22-11)24-8-13-6-14(9-24)25(13)17-15-3-4-19-7-16(15)20-10-21-17/h3-5,7,10,13-14H,6,8-9H2,1-2H3. The van der Waals surface area contributed by atoms with Gasteiger partial charge in [-0.2, -0.15) is 0 Å². The Hall–Kier alpha value is -2.83. The molecule has 3 fully saturated rings. The van der Waals surface area contributed by atoms with Crippen LogP contribution in [0.15, 0.2) is 30.9 Å². The Bertz CT molecular complexity index is 920. The summed E-state index contributed by atoms with van der Waals surface area (Å²) in [6.45, 7) is 5.90. The minimum Gasteiger partial charge on any atom is -0.346 e. The van der Waals surface area contributed by atoms with Crippen LogP contribution in [0.4, 0.5) is 11.8 Å². The number of aromatic nitrogens is 5. The maximum absolute atomic E-state index is 4.62. The fourth-order valence-corrected chi connectivity index (χ4v) is 4.07. The number of piperazine rings is 1. The van der Waals surface area contributed by atoms with Crippen molar-refractivity contribution in [2.24, 2.45) is 0 Å². The number of aryl methyl sites for hydroxylation is 2. The molecule has 0 saturated carbocycles. The average Bonchev–Trinajstić information content (AvgIpc) is 2.61. The zero-order chi connectivity index (χ0) is 17.0. The molecule has 2 unspecified atom stereocenters. The highest BCUT2D eigenvalue weighted by Crippen LogP contribution is 2.39. The lowest BCUT2D eigenvalue weighted by Gasteiger charge is -2.57. The van der Waals surface area contributed by atoms with Crippen molar-refractivity contribution < 1.29 is 0 Å². The maximum atomic E-state index is 4.62. The number of anilines is 2. The molecule has 6 rings (SSSR count). The highest BCUT2D eigenvalue weighted by atomic mass is 15.4. The Balaban J connectivity index is 1.45. The average molecular weight is 333 g/mol. The molecule has 3 saturated heterocycles. The molecule has 126 valence electrons. The van der Waals surface area contributed by atoms with Crippen LogP contribution in [0.25, 0.3) is 10.9 Å². The van der Waals surface area contributed by atoms with Gasteiger partial charge in [-0.3, -0.25) is 4.98 Å². The van der Waals surface area contributed by atoms with Crippen molar-refractivity contribution in [1.82, 2.24) is 24.9 Å². The highest BCUT2D eigenvalue weighted by molar-refractivity contribution is 5.89. The largest absolute Gasteiger partial charge is 0.346 e. The van der Waals surface area contributed by atoms with Gasteiger partial charge in [0.15, 0.2) is 0 Å². The second kappa shape index (κ2) is 5.34. The van der Waals surface area contributed by atoms with Crippen molar-refractivity contribution in [2.45, 2.75) is 32.4 Å². The molecule has 7 heteroatoms. The molecule has 3 aromatic heterocycles. The van der Waals surface area contributed by atoms with Crippen molar-refractivity contribution in [2.75, 3.05) is 22.9 Å². The van der Waals surface area contributed by atoms with Crippen LogP contribution in [0.2, 0.25) is 0 Å². The van der Waals surface area contributed by atoms with E-state index in [1.54, 1.807) is 18.7 Å². The topological polar surface area (TPSA) is 70.9 Å². The molecular weight excluding hydrogens is 314 g/mol. The van der Waals surface area contributed by atoms with Gasteiger partial charge in [0, 0.05) is 36.1 Å². The lowest BCUT2D eigenvalue weighted by Crippen LogP contribution is -2.69. The first-order chi connectivity index (χ1) is 12.2. The van der Waals surface area contributed by atoms with E-state index in [1.807, 2.05) is 26.0 Å². The van der Waals surface area contributed by atoms with Crippen LogP contribution in [0.3, 0.4) is 0 Å². The lowest BCUT2D eigenvalue weighted by molar-refractivity contribution is 0.287. The van der Waals surface area contributed by atoms with Gasteiger partial charge in [0.05, 0.1) is 23.8 Å². The zero-order valence-electron chi connectivity index (χ0n) is 14.3. The fraction of sp³-hybridized carbons (Fsp3) is 0.389. The predicted molar refractivity (Wildman–Crippen MR) is 95.7 cm³/mol. The van der Waals surface area contributed by atoms with Gasteiger partial charge in [0.2, 0.25) is 5.95 Å². The molecule has 0 spiro atoms. The maximum Gasteiger partial charge on any atom is 0.225 e. The minimum atomic E-state index is 0.439. The quantitative estimate of drug-likeness (QED) is 0.709. The molecule has 0 aromatic carbocycles. The van der Waals surface area contributed by atoms with Crippen LogP contribution < -0.4 is 9.80 Å². The number of pyridine rings is 1. The molecule has 3 aliphatic heterocycles. The van der Waals surface area contributed by atoms with E-state index in [0.29, 0.717) is 12.1 Å². The fourth-order valence-electron chi connectivity index (χ4n) is 4.07. The molecule has 0 aliphatic carbocycles. The number of nitrogens with zero attached hydrogens (tertiary/aromatic N) is 7. The molecular formula is C18H19N7. The predicted octanol–water partition coefficient (Wildman–Crippen LogP) is 1.90. The summed E-state index contributed by atoms with van der Waals surface area (Å²) < 4.78 is 0. The summed E-state index contributed by atoms with van der Waals surface area (Å²) in [6, 6.07) is 4.90. The van der Waals surface area contributed by atoms with Crippen molar-refractivity contribution >= 4 is 22.7 Å². The summed E-state index contributed by atoms with van der Waals surface area (Å²) in [5.74, 6) is 1.87. The second-order valence-electron chi connectivity index (χ2n) is 6.90. The van der Waals surface area contributed by atoms with E-state index in [2.05, 4.69) is 34.7 Å². The molecule has 3 aromatic rings. The SMILES string of the molecule is Cc1cc(C)nc(N2CC3CC(C2)N3c2ncnc3cnccc23)n1. The smallest absolute Gasteiger partial charge is 0.225 e. The summed E-state index contributed by atoms with van der Waals surface area (Å²) >= 11 is 0. The highest BCUT2D eigenvalue weighted by Gasteiger charge is 2.46. The normalized spacial score (nSPS) is 22.2. The first-order valence-electron chi connectivity index (χ1n) is 8.59. The molecule has 2 bridgehead atoms. The van der Waals surface area contributed by atoms with Gasteiger partial charge in [-0.05, 0) is 32.4 Å². The molecule has 0 amide bonds. The van der Waals surface area contributed by atoms with E-state index in [4.69, 9.17) is 0 Å². The number of piperidine rings is 1. The van der Waals surface area contributed by atoms with E-state index in [1.165, 1.54) is 6.42 Å². The summed E-state index contributed by atoms with van der Waals surface area (Å²) in [5.41, 5.74) is 2.94. The summed E-state index contributed by atoms with van der Waals surface area (Å²) in [4.78, 5) is 27.1. The number of hydrogen-bond donors (Lipinski definition) is 0. The molecule has 25 heavy (non-hydrogen) atoms. The van der Waals surface area contributed by atoms with Crippen molar-refractivity contribution in [1.29, 1.82) is 0 Å². The van der Waals surface area contributed by atoms with E-state index in [9.17, 15) is 0 Å². The minimum absolute atomic E-state index is 0.439. The van der Waals surface area contributed by atoms with E-state index in [-0.39, 0.29) is 0 Å². The Kier molecular flexibility index (Phi) is 3.10. The molecule has 6 heterocycles. The Morgan fingerprint density at radius 3 is 2.56 bits per heavy atom. The Morgan fingerprint density at radius 2 is 1.80 bits per heavy atom. The molecule has 0 N–H and O–H groups in total. The summed E-state index contributed by atoms with van der Waals surface area (Å²) in [6.07, 6.45) is 6.43. The number of hydrogen-bond acceptors (Lipinski definition) is 7. The third kappa shape index (κ3) is 2.30.